The van der Waals surface area contributed by atoms with Crippen LogP contribution in [0.15, 0.2) is 0 Å². The first-order valence-electron chi connectivity index (χ1n) is 3.62. The number of halogens is 1. The summed E-state index contributed by atoms with van der Waals surface area (Å²) < 4.78 is 26.4. The van der Waals surface area contributed by atoms with Gasteiger partial charge in [0, 0.05) is 17.3 Å². The third kappa shape index (κ3) is 3.94. The van der Waals surface area contributed by atoms with Crippen LogP contribution in [-0.2, 0) is 13.8 Å². The summed E-state index contributed by atoms with van der Waals surface area (Å²) in [5.41, 5.74) is 0. The lowest BCUT2D eigenvalue weighted by Crippen LogP contribution is -2.25. The third-order valence-corrected chi connectivity index (χ3v) is 2.81. The molecule has 0 amide bonds. The molecule has 0 bridgehead atoms. The molecule has 0 saturated carbocycles. The Balaban J connectivity index is 2.36. The number of ether oxygens (including phenoxy) is 1. The van der Waals surface area contributed by atoms with Crippen LogP contribution in [0.4, 0.5) is 0 Å². The Labute approximate surface area is 71.1 Å². The largest absolute Gasteiger partial charge is 0.377 e. The Morgan fingerprint density at radius 2 is 2.18 bits per heavy atom. The number of hydrogen-bond acceptors (Lipinski definition) is 3. The molecule has 0 aliphatic carbocycles. The van der Waals surface area contributed by atoms with Crippen molar-refractivity contribution >= 4 is 19.7 Å². The molecule has 0 aromatic heterocycles. The van der Waals surface area contributed by atoms with Gasteiger partial charge in [0.25, 0.3) is 0 Å². The van der Waals surface area contributed by atoms with Gasteiger partial charge in [0.15, 0.2) is 0 Å². The molecule has 1 fully saturated rings. The molecule has 0 radical (unpaired) electrons. The zero-order valence-electron chi connectivity index (χ0n) is 6.12. The molecule has 66 valence electrons. The van der Waals surface area contributed by atoms with Gasteiger partial charge in [-0.25, -0.2) is 8.42 Å². The highest BCUT2D eigenvalue weighted by Gasteiger charge is 2.19. The smallest absolute Gasteiger partial charge is 0.235 e. The number of rotatable bonds is 2. The van der Waals surface area contributed by atoms with Gasteiger partial charge < -0.3 is 4.74 Å². The maximum Gasteiger partial charge on any atom is 0.235 e. The van der Waals surface area contributed by atoms with E-state index in [4.69, 9.17) is 15.4 Å². The molecule has 0 unspecified atom stereocenters. The molecule has 0 N–H and O–H groups in total. The van der Waals surface area contributed by atoms with Gasteiger partial charge in [-0.15, -0.1) is 0 Å². The van der Waals surface area contributed by atoms with Crippen molar-refractivity contribution in [2.45, 2.75) is 25.4 Å². The van der Waals surface area contributed by atoms with Crippen LogP contribution in [-0.4, -0.2) is 26.9 Å². The van der Waals surface area contributed by atoms with Gasteiger partial charge in [0.05, 0.1) is 11.9 Å². The predicted molar refractivity (Wildman–Crippen MR) is 43.2 cm³/mol. The Kier molecular flexibility index (Phi) is 3.16. The van der Waals surface area contributed by atoms with Crippen LogP contribution in [0, 0.1) is 0 Å². The summed E-state index contributed by atoms with van der Waals surface area (Å²) in [7, 11) is 1.68. The molecule has 1 rings (SSSR count). The van der Waals surface area contributed by atoms with Crippen LogP contribution >= 0.6 is 10.7 Å². The van der Waals surface area contributed by atoms with Crippen molar-refractivity contribution < 1.29 is 13.2 Å². The summed E-state index contributed by atoms with van der Waals surface area (Å²) in [6.07, 6.45) is 2.70. The van der Waals surface area contributed by atoms with E-state index in [9.17, 15) is 8.42 Å². The summed E-state index contributed by atoms with van der Waals surface area (Å²) >= 11 is 0. The van der Waals surface area contributed by atoms with E-state index in [1.54, 1.807) is 0 Å². The third-order valence-electron chi connectivity index (χ3n) is 1.66. The molecule has 0 aromatic rings. The van der Waals surface area contributed by atoms with Gasteiger partial charge in [-0.05, 0) is 19.3 Å². The first-order chi connectivity index (χ1) is 5.08. The summed E-state index contributed by atoms with van der Waals surface area (Å²) in [6, 6.07) is 0. The van der Waals surface area contributed by atoms with E-state index >= 15 is 0 Å². The molecule has 1 atom stereocenters. The van der Waals surface area contributed by atoms with Crippen molar-refractivity contribution in [1.82, 2.24) is 0 Å². The minimum atomic E-state index is -3.38. The van der Waals surface area contributed by atoms with Gasteiger partial charge in [-0.2, -0.15) is 0 Å². The molecular weight excluding hydrogens is 188 g/mol. The van der Waals surface area contributed by atoms with E-state index in [0.717, 1.165) is 19.3 Å². The molecule has 1 saturated heterocycles. The fourth-order valence-electron chi connectivity index (χ4n) is 1.16. The maximum absolute atomic E-state index is 10.6. The van der Waals surface area contributed by atoms with Crippen molar-refractivity contribution in [3.63, 3.8) is 0 Å². The topological polar surface area (TPSA) is 43.4 Å². The normalized spacial score (nSPS) is 26.8. The second-order valence-electron chi connectivity index (χ2n) is 2.69. The van der Waals surface area contributed by atoms with Gasteiger partial charge in [0.2, 0.25) is 9.05 Å². The Morgan fingerprint density at radius 3 is 2.64 bits per heavy atom. The predicted octanol–water partition coefficient (Wildman–Crippen LogP) is 1.12. The lowest BCUT2D eigenvalue weighted by molar-refractivity contribution is 0.0307. The van der Waals surface area contributed by atoms with Gasteiger partial charge in [0.1, 0.15) is 0 Å². The highest BCUT2D eigenvalue weighted by atomic mass is 35.7. The van der Waals surface area contributed by atoms with Crippen LogP contribution in [0.5, 0.6) is 0 Å². The summed E-state index contributed by atoms with van der Waals surface area (Å²) in [5, 5.41) is 0. The molecule has 1 heterocycles. The van der Waals surface area contributed by atoms with E-state index in [0.29, 0.717) is 6.61 Å². The molecule has 11 heavy (non-hydrogen) atoms. The molecule has 1 aliphatic rings. The van der Waals surface area contributed by atoms with Crippen LogP contribution in [0.3, 0.4) is 0 Å². The molecule has 3 nitrogen and oxygen atoms in total. The minimum absolute atomic E-state index is 0.0471. The monoisotopic (exact) mass is 198 g/mol. The second-order valence-corrected chi connectivity index (χ2v) is 5.52. The average Bonchev–Trinajstić information content (AvgIpc) is 1.85. The van der Waals surface area contributed by atoms with E-state index in [2.05, 4.69) is 0 Å². The van der Waals surface area contributed by atoms with Crippen molar-refractivity contribution in [3.05, 3.63) is 0 Å². The first kappa shape index (κ1) is 9.29. The van der Waals surface area contributed by atoms with Crippen LogP contribution < -0.4 is 0 Å². The SMILES string of the molecule is O=S(=O)(Cl)C[C@@H]1CCCCO1. The van der Waals surface area contributed by atoms with Crippen molar-refractivity contribution in [3.8, 4) is 0 Å². The van der Waals surface area contributed by atoms with Gasteiger partial charge >= 0.3 is 0 Å². The Morgan fingerprint density at radius 1 is 1.45 bits per heavy atom. The fourth-order valence-corrected chi connectivity index (χ4v) is 2.29. The Hall–Kier alpha value is 0.200. The van der Waals surface area contributed by atoms with E-state index in [-0.39, 0.29) is 11.9 Å². The summed E-state index contributed by atoms with van der Waals surface area (Å²) in [5.74, 6) is -0.0471. The maximum atomic E-state index is 10.6. The van der Waals surface area contributed by atoms with Gasteiger partial charge in [-0.1, -0.05) is 0 Å². The lowest BCUT2D eigenvalue weighted by Gasteiger charge is -2.20. The van der Waals surface area contributed by atoms with Crippen LogP contribution in [0.1, 0.15) is 19.3 Å². The van der Waals surface area contributed by atoms with Gasteiger partial charge in [-0.3, -0.25) is 0 Å². The average molecular weight is 199 g/mol. The fraction of sp³-hybridized carbons (Fsp3) is 1.00. The standard InChI is InChI=1S/C6H11ClO3S/c7-11(8,9)5-6-3-1-2-4-10-6/h6H,1-5H2/t6-/m0/s1. The van der Waals surface area contributed by atoms with E-state index < -0.39 is 9.05 Å². The molecule has 0 spiro atoms. The molecular formula is C6H11ClO3S. The highest BCUT2D eigenvalue weighted by molar-refractivity contribution is 8.13. The highest BCUT2D eigenvalue weighted by Crippen LogP contribution is 2.15. The molecule has 0 aromatic carbocycles. The zero-order chi connectivity index (χ0) is 8.32. The summed E-state index contributed by atoms with van der Waals surface area (Å²) in [4.78, 5) is 0. The van der Waals surface area contributed by atoms with Crippen molar-refractivity contribution in [1.29, 1.82) is 0 Å². The van der Waals surface area contributed by atoms with Crippen LogP contribution in [0.25, 0.3) is 0 Å². The lowest BCUT2D eigenvalue weighted by atomic mass is 10.1. The molecule has 5 heteroatoms. The molecule has 1 aliphatic heterocycles. The quantitative estimate of drug-likeness (QED) is 0.625. The number of hydrogen-bond donors (Lipinski definition) is 0. The zero-order valence-corrected chi connectivity index (χ0v) is 7.70. The van der Waals surface area contributed by atoms with E-state index in [1.165, 1.54) is 0 Å². The summed E-state index contributed by atoms with van der Waals surface area (Å²) in [6.45, 7) is 0.664. The first-order valence-corrected chi connectivity index (χ1v) is 6.10. The van der Waals surface area contributed by atoms with Crippen molar-refractivity contribution in [2.75, 3.05) is 12.4 Å². The second kappa shape index (κ2) is 3.74. The Bertz CT molecular complexity index is 206. The van der Waals surface area contributed by atoms with E-state index in [1.807, 2.05) is 0 Å². The minimum Gasteiger partial charge on any atom is -0.377 e. The van der Waals surface area contributed by atoms with Crippen LogP contribution in [0.2, 0.25) is 0 Å². The van der Waals surface area contributed by atoms with Crippen molar-refractivity contribution in [2.24, 2.45) is 0 Å².